The Bertz CT molecular complexity index is 560. The third-order valence-electron chi connectivity index (χ3n) is 2.65. The van der Waals surface area contributed by atoms with Crippen LogP contribution >= 0.6 is 11.6 Å². The predicted molar refractivity (Wildman–Crippen MR) is 77.2 cm³/mol. The van der Waals surface area contributed by atoms with Crippen molar-refractivity contribution < 1.29 is 4.74 Å². The second kappa shape index (κ2) is 6.38. The molecule has 0 saturated heterocycles. The van der Waals surface area contributed by atoms with Gasteiger partial charge in [0.2, 0.25) is 0 Å². The molecule has 0 atom stereocenters. The number of hydrogen-bond donors (Lipinski definition) is 1. The minimum atomic E-state index is 0.407. The minimum Gasteiger partial charge on any atom is -0.494 e. The zero-order valence-electron chi connectivity index (χ0n) is 11.0. The van der Waals surface area contributed by atoms with Crippen molar-refractivity contribution in [2.45, 2.75) is 19.7 Å². The van der Waals surface area contributed by atoms with Crippen LogP contribution in [0.2, 0.25) is 0 Å². The zero-order valence-corrected chi connectivity index (χ0v) is 11.7. The second-order valence-electron chi connectivity index (χ2n) is 4.00. The van der Waals surface area contributed by atoms with Crippen molar-refractivity contribution in [3.05, 3.63) is 41.9 Å². The predicted octanol–water partition coefficient (Wildman–Crippen LogP) is 3.67. The SMILES string of the molecule is CCOc1ccc(Nc2nccnc2C)cc1CCl. The smallest absolute Gasteiger partial charge is 0.151 e. The van der Waals surface area contributed by atoms with E-state index < -0.39 is 0 Å². The average molecular weight is 278 g/mol. The van der Waals surface area contributed by atoms with Gasteiger partial charge in [-0.25, -0.2) is 4.98 Å². The molecule has 1 N–H and O–H groups in total. The molecule has 0 aliphatic carbocycles. The van der Waals surface area contributed by atoms with Crippen LogP contribution in [0.3, 0.4) is 0 Å². The molecule has 0 radical (unpaired) electrons. The summed E-state index contributed by atoms with van der Waals surface area (Å²) in [5.74, 6) is 1.97. The molecule has 1 heterocycles. The molecule has 5 heteroatoms. The van der Waals surface area contributed by atoms with E-state index in [-0.39, 0.29) is 0 Å². The molecule has 19 heavy (non-hydrogen) atoms. The molecule has 1 aromatic heterocycles. The standard InChI is InChI=1S/C14H16ClN3O/c1-3-19-13-5-4-12(8-11(13)9-15)18-14-10(2)16-6-7-17-14/h4-8H,3,9H2,1-2H3,(H,17,18). The van der Waals surface area contributed by atoms with E-state index >= 15 is 0 Å². The highest BCUT2D eigenvalue weighted by Gasteiger charge is 2.06. The maximum atomic E-state index is 5.94. The number of hydrogen-bond acceptors (Lipinski definition) is 4. The highest BCUT2D eigenvalue weighted by molar-refractivity contribution is 6.17. The molecular formula is C14H16ClN3O. The molecule has 1 aromatic carbocycles. The summed E-state index contributed by atoms with van der Waals surface area (Å²) < 4.78 is 5.52. The van der Waals surface area contributed by atoms with Gasteiger partial charge in [0.05, 0.1) is 18.2 Å². The van der Waals surface area contributed by atoms with Crippen LogP contribution < -0.4 is 10.1 Å². The first-order valence-electron chi connectivity index (χ1n) is 6.11. The van der Waals surface area contributed by atoms with Crippen LogP contribution in [0.5, 0.6) is 5.75 Å². The Morgan fingerprint density at radius 1 is 1.26 bits per heavy atom. The summed E-state index contributed by atoms with van der Waals surface area (Å²) >= 11 is 5.94. The molecule has 2 rings (SSSR count). The Morgan fingerprint density at radius 2 is 2.05 bits per heavy atom. The quantitative estimate of drug-likeness (QED) is 0.847. The number of ether oxygens (including phenoxy) is 1. The Kier molecular flexibility index (Phi) is 4.58. The van der Waals surface area contributed by atoms with Crippen molar-refractivity contribution in [1.82, 2.24) is 9.97 Å². The molecule has 0 aliphatic rings. The van der Waals surface area contributed by atoms with Crippen LogP contribution in [0, 0.1) is 6.92 Å². The van der Waals surface area contributed by atoms with Gasteiger partial charge in [0.25, 0.3) is 0 Å². The van der Waals surface area contributed by atoms with Gasteiger partial charge in [-0.1, -0.05) is 0 Å². The van der Waals surface area contributed by atoms with E-state index in [2.05, 4.69) is 15.3 Å². The number of nitrogens with zero attached hydrogens (tertiary/aromatic N) is 2. The fourth-order valence-electron chi connectivity index (χ4n) is 1.72. The van der Waals surface area contributed by atoms with E-state index in [4.69, 9.17) is 16.3 Å². The third-order valence-corrected chi connectivity index (χ3v) is 2.94. The molecule has 0 aliphatic heterocycles. The molecule has 0 fully saturated rings. The van der Waals surface area contributed by atoms with Gasteiger partial charge in [-0.15, -0.1) is 11.6 Å². The lowest BCUT2D eigenvalue weighted by Gasteiger charge is -2.12. The second-order valence-corrected chi connectivity index (χ2v) is 4.27. The maximum absolute atomic E-state index is 5.94. The van der Waals surface area contributed by atoms with E-state index in [0.29, 0.717) is 12.5 Å². The van der Waals surface area contributed by atoms with E-state index in [1.165, 1.54) is 0 Å². The molecule has 0 spiro atoms. The number of aromatic nitrogens is 2. The van der Waals surface area contributed by atoms with Crippen LogP contribution in [0.25, 0.3) is 0 Å². The van der Waals surface area contributed by atoms with Crippen molar-refractivity contribution >= 4 is 23.1 Å². The zero-order chi connectivity index (χ0) is 13.7. The number of aryl methyl sites for hydroxylation is 1. The fraction of sp³-hybridized carbons (Fsp3) is 0.286. The molecule has 4 nitrogen and oxygen atoms in total. The van der Waals surface area contributed by atoms with Gasteiger partial charge in [0.15, 0.2) is 5.82 Å². The monoisotopic (exact) mass is 277 g/mol. The molecule has 0 unspecified atom stereocenters. The van der Waals surface area contributed by atoms with Gasteiger partial charge in [-0.3, -0.25) is 4.98 Å². The topological polar surface area (TPSA) is 47.0 Å². The summed E-state index contributed by atoms with van der Waals surface area (Å²) in [6, 6.07) is 5.82. The summed E-state index contributed by atoms with van der Waals surface area (Å²) in [6.07, 6.45) is 3.33. The first-order chi connectivity index (χ1) is 9.24. The number of alkyl halides is 1. The molecular weight excluding hydrogens is 262 g/mol. The van der Waals surface area contributed by atoms with Gasteiger partial charge in [-0.2, -0.15) is 0 Å². The van der Waals surface area contributed by atoms with Crippen LogP contribution in [0.4, 0.5) is 11.5 Å². The van der Waals surface area contributed by atoms with E-state index in [0.717, 1.165) is 28.5 Å². The minimum absolute atomic E-state index is 0.407. The average Bonchev–Trinajstić information content (AvgIpc) is 2.43. The van der Waals surface area contributed by atoms with Gasteiger partial charge < -0.3 is 10.1 Å². The normalized spacial score (nSPS) is 10.3. The summed E-state index contributed by atoms with van der Waals surface area (Å²) in [4.78, 5) is 8.44. The first kappa shape index (κ1) is 13.6. The lowest BCUT2D eigenvalue weighted by atomic mass is 10.2. The number of nitrogens with one attached hydrogen (secondary N) is 1. The summed E-state index contributed by atoms with van der Waals surface area (Å²) in [5, 5.41) is 3.23. The van der Waals surface area contributed by atoms with Crippen molar-refractivity contribution in [1.29, 1.82) is 0 Å². The highest BCUT2D eigenvalue weighted by atomic mass is 35.5. The largest absolute Gasteiger partial charge is 0.494 e. The number of benzene rings is 1. The van der Waals surface area contributed by atoms with Gasteiger partial charge >= 0.3 is 0 Å². The lowest BCUT2D eigenvalue weighted by Crippen LogP contribution is -2.00. The molecule has 0 amide bonds. The summed E-state index contributed by atoms with van der Waals surface area (Å²) in [6.45, 7) is 4.49. The summed E-state index contributed by atoms with van der Waals surface area (Å²) in [5.41, 5.74) is 2.72. The lowest BCUT2D eigenvalue weighted by molar-refractivity contribution is 0.337. The molecule has 0 bridgehead atoms. The molecule has 0 saturated carbocycles. The van der Waals surface area contributed by atoms with Gasteiger partial charge in [0, 0.05) is 23.6 Å². The van der Waals surface area contributed by atoms with Crippen LogP contribution in [-0.2, 0) is 5.88 Å². The van der Waals surface area contributed by atoms with Crippen LogP contribution in [0.15, 0.2) is 30.6 Å². The van der Waals surface area contributed by atoms with Crippen LogP contribution in [0.1, 0.15) is 18.2 Å². The molecule has 2 aromatic rings. The fourth-order valence-corrected chi connectivity index (χ4v) is 1.93. The Labute approximate surface area is 117 Å². The number of anilines is 2. The Morgan fingerprint density at radius 3 is 2.74 bits per heavy atom. The van der Waals surface area contributed by atoms with Crippen molar-refractivity contribution in [2.75, 3.05) is 11.9 Å². The van der Waals surface area contributed by atoms with E-state index in [1.54, 1.807) is 12.4 Å². The Hall–Kier alpha value is -1.81. The van der Waals surface area contributed by atoms with Crippen molar-refractivity contribution in [3.63, 3.8) is 0 Å². The van der Waals surface area contributed by atoms with Crippen molar-refractivity contribution in [2.24, 2.45) is 0 Å². The van der Waals surface area contributed by atoms with Gasteiger partial charge in [-0.05, 0) is 32.0 Å². The van der Waals surface area contributed by atoms with Crippen molar-refractivity contribution in [3.8, 4) is 5.75 Å². The Balaban J connectivity index is 2.24. The molecule has 100 valence electrons. The van der Waals surface area contributed by atoms with E-state index in [1.807, 2.05) is 32.0 Å². The highest BCUT2D eigenvalue weighted by Crippen LogP contribution is 2.26. The first-order valence-corrected chi connectivity index (χ1v) is 6.64. The summed E-state index contributed by atoms with van der Waals surface area (Å²) in [7, 11) is 0. The number of halogens is 1. The maximum Gasteiger partial charge on any atom is 0.151 e. The van der Waals surface area contributed by atoms with Gasteiger partial charge in [0.1, 0.15) is 5.75 Å². The van der Waals surface area contributed by atoms with E-state index in [9.17, 15) is 0 Å². The van der Waals surface area contributed by atoms with Crippen LogP contribution in [-0.4, -0.2) is 16.6 Å². The third kappa shape index (κ3) is 3.35. The number of rotatable bonds is 5.